The van der Waals surface area contributed by atoms with Gasteiger partial charge in [0.25, 0.3) is 0 Å². The Morgan fingerprint density at radius 3 is 1.93 bits per heavy atom. The number of nitrogens with two attached hydrogens (primary N) is 2. The summed E-state index contributed by atoms with van der Waals surface area (Å²) in [6.45, 7) is 6.79. The SMILES string of the molecule is CC(=O)N[C@@H](C(=O)N[C@H](CCCCN)C(=O)N[C@H](CC(C)C)C(N)=O)C(C)O. The van der Waals surface area contributed by atoms with Gasteiger partial charge in [-0.1, -0.05) is 13.8 Å². The number of nitrogens with one attached hydrogen (secondary N) is 3. The van der Waals surface area contributed by atoms with Gasteiger partial charge < -0.3 is 32.5 Å². The third-order valence-corrected chi connectivity index (χ3v) is 4.07. The van der Waals surface area contributed by atoms with Gasteiger partial charge in [-0.2, -0.15) is 0 Å². The molecule has 0 saturated carbocycles. The molecule has 0 radical (unpaired) electrons. The zero-order chi connectivity index (χ0) is 21.9. The monoisotopic (exact) mass is 401 g/mol. The van der Waals surface area contributed by atoms with Crippen LogP contribution in [0.15, 0.2) is 0 Å². The van der Waals surface area contributed by atoms with E-state index in [0.717, 1.165) is 0 Å². The summed E-state index contributed by atoms with van der Waals surface area (Å²) in [5.41, 5.74) is 10.8. The average molecular weight is 402 g/mol. The van der Waals surface area contributed by atoms with Crippen molar-refractivity contribution in [3.8, 4) is 0 Å². The molecule has 0 bridgehead atoms. The maximum atomic E-state index is 12.7. The van der Waals surface area contributed by atoms with Gasteiger partial charge in [0.1, 0.15) is 18.1 Å². The van der Waals surface area contributed by atoms with E-state index in [1.807, 2.05) is 13.8 Å². The molecule has 0 aliphatic rings. The first kappa shape index (κ1) is 25.8. The highest BCUT2D eigenvalue weighted by Crippen LogP contribution is 2.07. The summed E-state index contributed by atoms with van der Waals surface area (Å²) in [5, 5.41) is 17.2. The Labute approximate surface area is 166 Å². The molecule has 0 spiro atoms. The summed E-state index contributed by atoms with van der Waals surface area (Å²) in [5.74, 6) is -2.27. The molecule has 1 unspecified atom stereocenters. The molecule has 0 heterocycles. The largest absolute Gasteiger partial charge is 0.391 e. The van der Waals surface area contributed by atoms with Crippen LogP contribution in [0.2, 0.25) is 0 Å². The Hall–Kier alpha value is -2.20. The Bertz CT molecular complexity index is 538. The Morgan fingerprint density at radius 1 is 0.929 bits per heavy atom. The van der Waals surface area contributed by atoms with E-state index in [0.29, 0.717) is 25.8 Å². The predicted octanol–water partition coefficient (Wildman–Crippen LogP) is -1.50. The van der Waals surface area contributed by atoms with Crippen molar-refractivity contribution in [2.75, 3.05) is 6.54 Å². The lowest BCUT2D eigenvalue weighted by atomic mass is 10.0. The second-order valence-electron chi connectivity index (χ2n) is 7.36. The van der Waals surface area contributed by atoms with Crippen LogP contribution in [0.4, 0.5) is 0 Å². The minimum Gasteiger partial charge on any atom is -0.391 e. The number of primary amides is 1. The van der Waals surface area contributed by atoms with Crippen molar-refractivity contribution in [2.24, 2.45) is 17.4 Å². The van der Waals surface area contributed by atoms with Crippen molar-refractivity contribution < 1.29 is 24.3 Å². The highest BCUT2D eigenvalue weighted by Gasteiger charge is 2.30. The van der Waals surface area contributed by atoms with Gasteiger partial charge in [0, 0.05) is 6.92 Å². The lowest BCUT2D eigenvalue weighted by Crippen LogP contribution is -2.58. The van der Waals surface area contributed by atoms with Gasteiger partial charge in [0.05, 0.1) is 6.10 Å². The first-order valence-corrected chi connectivity index (χ1v) is 9.54. The molecule has 4 atom stereocenters. The Balaban J connectivity index is 5.27. The number of hydrogen-bond donors (Lipinski definition) is 6. The average Bonchev–Trinajstić information content (AvgIpc) is 2.57. The lowest BCUT2D eigenvalue weighted by Gasteiger charge is -2.26. The number of carbonyl (C=O) groups excluding carboxylic acids is 4. The smallest absolute Gasteiger partial charge is 0.245 e. The fraction of sp³-hybridized carbons (Fsp3) is 0.778. The van der Waals surface area contributed by atoms with E-state index in [4.69, 9.17) is 11.5 Å². The van der Waals surface area contributed by atoms with Gasteiger partial charge in [-0.05, 0) is 45.1 Å². The summed E-state index contributed by atoms with van der Waals surface area (Å²) in [4.78, 5) is 48.0. The normalized spacial score (nSPS) is 15.2. The van der Waals surface area contributed by atoms with E-state index in [2.05, 4.69) is 16.0 Å². The molecule has 8 N–H and O–H groups in total. The Kier molecular flexibility index (Phi) is 12.0. The number of aliphatic hydroxyl groups is 1. The van der Waals surface area contributed by atoms with Crippen LogP contribution in [0.3, 0.4) is 0 Å². The van der Waals surface area contributed by atoms with E-state index < -0.39 is 47.9 Å². The highest BCUT2D eigenvalue weighted by molar-refractivity contribution is 5.94. The zero-order valence-corrected chi connectivity index (χ0v) is 17.2. The van der Waals surface area contributed by atoms with Gasteiger partial charge in [-0.15, -0.1) is 0 Å². The third-order valence-electron chi connectivity index (χ3n) is 4.07. The fourth-order valence-corrected chi connectivity index (χ4v) is 2.64. The van der Waals surface area contributed by atoms with Crippen molar-refractivity contribution in [1.82, 2.24) is 16.0 Å². The summed E-state index contributed by atoms with van der Waals surface area (Å²) in [6, 6.07) is -3.02. The maximum absolute atomic E-state index is 12.7. The summed E-state index contributed by atoms with van der Waals surface area (Å²) in [6.07, 6.45) is 0.716. The summed E-state index contributed by atoms with van der Waals surface area (Å²) >= 11 is 0. The van der Waals surface area contributed by atoms with Crippen LogP contribution in [-0.4, -0.2) is 59.5 Å². The van der Waals surface area contributed by atoms with E-state index in [1.54, 1.807) is 0 Å². The first-order valence-electron chi connectivity index (χ1n) is 9.54. The third kappa shape index (κ3) is 10.2. The molecule has 0 rings (SSSR count). The Morgan fingerprint density at radius 2 is 1.50 bits per heavy atom. The van der Waals surface area contributed by atoms with Gasteiger partial charge in [0.15, 0.2) is 0 Å². The predicted molar refractivity (Wildman–Crippen MR) is 105 cm³/mol. The van der Waals surface area contributed by atoms with Crippen LogP contribution in [0.25, 0.3) is 0 Å². The molecule has 0 aliphatic carbocycles. The van der Waals surface area contributed by atoms with E-state index >= 15 is 0 Å². The van der Waals surface area contributed by atoms with Gasteiger partial charge >= 0.3 is 0 Å². The van der Waals surface area contributed by atoms with Crippen LogP contribution < -0.4 is 27.4 Å². The number of amides is 4. The molecule has 0 aromatic rings. The fourth-order valence-electron chi connectivity index (χ4n) is 2.64. The second-order valence-corrected chi connectivity index (χ2v) is 7.36. The molecule has 0 aromatic heterocycles. The van der Waals surface area contributed by atoms with E-state index in [9.17, 15) is 24.3 Å². The molecule has 0 fully saturated rings. The number of carbonyl (C=O) groups is 4. The van der Waals surface area contributed by atoms with E-state index in [1.165, 1.54) is 13.8 Å². The number of unbranched alkanes of at least 4 members (excludes halogenated alkanes) is 1. The molecule has 162 valence electrons. The maximum Gasteiger partial charge on any atom is 0.245 e. The molecule has 0 aliphatic heterocycles. The van der Waals surface area contributed by atoms with Crippen molar-refractivity contribution in [3.63, 3.8) is 0 Å². The molecule has 0 saturated heterocycles. The van der Waals surface area contributed by atoms with Crippen molar-refractivity contribution in [3.05, 3.63) is 0 Å². The molecular formula is C18H35N5O5. The molecule has 28 heavy (non-hydrogen) atoms. The molecular weight excluding hydrogens is 366 g/mol. The number of aliphatic hydroxyl groups excluding tert-OH is 1. The van der Waals surface area contributed by atoms with Crippen LogP contribution in [-0.2, 0) is 19.2 Å². The second kappa shape index (κ2) is 13.1. The van der Waals surface area contributed by atoms with E-state index in [-0.39, 0.29) is 12.3 Å². The van der Waals surface area contributed by atoms with Gasteiger partial charge in [0.2, 0.25) is 23.6 Å². The minimum atomic E-state index is -1.20. The highest BCUT2D eigenvalue weighted by atomic mass is 16.3. The molecule has 10 heteroatoms. The number of rotatable bonds is 13. The minimum absolute atomic E-state index is 0.127. The van der Waals surface area contributed by atoms with Crippen LogP contribution in [0, 0.1) is 5.92 Å². The summed E-state index contributed by atoms with van der Waals surface area (Å²) in [7, 11) is 0. The summed E-state index contributed by atoms with van der Waals surface area (Å²) < 4.78 is 0. The standard InChI is InChI=1S/C18H35N5O5/c1-10(2)9-14(16(20)26)23-17(27)13(7-5-6-8-19)22-18(28)15(11(3)24)21-12(4)25/h10-11,13-15,24H,5-9,19H2,1-4H3,(H2,20,26)(H,21,25)(H,22,28)(H,23,27)/t11?,13-,14-,15-/m1/s1. The number of hydrogen-bond acceptors (Lipinski definition) is 6. The molecule has 10 nitrogen and oxygen atoms in total. The van der Waals surface area contributed by atoms with Crippen molar-refractivity contribution in [1.29, 1.82) is 0 Å². The quantitative estimate of drug-likeness (QED) is 0.205. The van der Waals surface area contributed by atoms with Gasteiger partial charge in [-0.3, -0.25) is 19.2 Å². The van der Waals surface area contributed by atoms with Crippen LogP contribution in [0.5, 0.6) is 0 Å². The van der Waals surface area contributed by atoms with Crippen LogP contribution in [0.1, 0.15) is 53.4 Å². The van der Waals surface area contributed by atoms with Gasteiger partial charge in [-0.25, -0.2) is 0 Å². The molecule has 0 aromatic carbocycles. The van der Waals surface area contributed by atoms with Crippen molar-refractivity contribution >= 4 is 23.6 Å². The lowest BCUT2D eigenvalue weighted by molar-refractivity contribution is -0.134. The zero-order valence-electron chi connectivity index (χ0n) is 17.2. The first-order chi connectivity index (χ1) is 13.0. The molecule has 4 amide bonds. The topological polar surface area (TPSA) is 177 Å². The van der Waals surface area contributed by atoms with Crippen molar-refractivity contribution in [2.45, 2.75) is 77.6 Å². The van der Waals surface area contributed by atoms with Crippen LogP contribution >= 0.6 is 0 Å².